The summed E-state index contributed by atoms with van der Waals surface area (Å²) in [7, 11) is 0. The summed E-state index contributed by atoms with van der Waals surface area (Å²) in [5, 5.41) is 11.1. The van der Waals surface area contributed by atoms with E-state index in [1.807, 2.05) is 0 Å². The molecule has 1 aromatic carbocycles. The summed E-state index contributed by atoms with van der Waals surface area (Å²) < 4.78 is 5.24. The molecule has 0 unspecified atom stereocenters. The quantitative estimate of drug-likeness (QED) is 0.709. The van der Waals surface area contributed by atoms with Gasteiger partial charge in [-0.25, -0.2) is 0 Å². The van der Waals surface area contributed by atoms with Crippen LogP contribution in [0.3, 0.4) is 0 Å². The van der Waals surface area contributed by atoms with Gasteiger partial charge in [0, 0.05) is 0 Å². The monoisotopic (exact) mass is 368 g/mol. The minimum atomic E-state index is -0.443. The van der Waals surface area contributed by atoms with E-state index in [9.17, 15) is 14.4 Å². The maximum Gasteiger partial charge on any atom is 0.293 e. The third kappa shape index (κ3) is 2.78. The summed E-state index contributed by atoms with van der Waals surface area (Å²) in [6.45, 7) is 1.74. The van der Waals surface area contributed by atoms with E-state index >= 15 is 0 Å². The lowest BCUT2D eigenvalue weighted by Gasteiger charge is -2.10. The molecule has 3 amide bonds. The summed E-state index contributed by atoms with van der Waals surface area (Å²) >= 11 is 1.09. The number of aryl methyl sites for hydroxylation is 1. The highest BCUT2D eigenvalue weighted by molar-refractivity contribution is 7.15. The Labute approximate surface area is 151 Å². The molecule has 0 bridgehead atoms. The van der Waals surface area contributed by atoms with Crippen molar-refractivity contribution < 1.29 is 18.8 Å². The van der Waals surface area contributed by atoms with Crippen LogP contribution in [0, 0.1) is 6.92 Å². The number of fused-ring (bicyclic) bond motifs is 1. The highest BCUT2D eigenvalue weighted by atomic mass is 32.1. The SMILES string of the molecule is Cc1ccc(C(=O)Nc2nnc(CN3C(=O)c4ccccc4C3=O)s2)o1. The van der Waals surface area contributed by atoms with Gasteiger partial charge in [0.05, 0.1) is 17.7 Å². The Bertz CT molecular complexity index is 1000. The molecule has 0 radical (unpaired) electrons. The van der Waals surface area contributed by atoms with Gasteiger partial charge in [0.2, 0.25) is 5.13 Å². The lowest BCUT2D eigenvalue weighted by molar-refractivity contribution is 0.0641. The second-order valence-corrected chi connectivity index (χ2v) is 6.67. The van der Waals surface area contributed by atoms with Gasteiger partial charge < -0.3 is 4.42 Å². The number of hydrogen-bond acceptors (Lipinski definition) is 7. The summed E-state index contributed by atoms with van der Waals surface area (Å²) in [5.41, 5.74) is 0.757. The van der Waals surface area contributed by atoms with Gasteiger partial charge in [0.1, 0.15) is 10.8 Å². The van der Waals surface area contributed by atoms with Crippen molar-refractivity contribution in [1.29, 1.82) is 0 Å². The molecule has 3 aromatic rings. The molecule has 26 heavy (non-hydrogen) atoms. The van der Waals surface area contributed by atoms with E-state index in [1.54, 1.807) is 43.3 Å². The first kappa shape index (κ1) is 16.2. The van der Waals surface area contributed by atoms with Crippen LogP contribution in [0.4, 0.5) is 5.13 Å². The van der Waals surface area contributed by atoms with Crippen molar-refractivity contribution in [1.82, 2.24) is 15.1 Å². The van der Waals surface area contributed by atoms with Gasteiger partial charge in [0.15, 0.2) is 5.76 Å². The van der Waals surface area contributed by atoms with Crippen LogP contribution >= 0.6 is 11.3 Å². The number of aromatic nitrogens is 2. The minimum Gasteiger partial charge on any atom is -0.456 e. The predicted molar refractivity (Wildman–Crippen MR) is 92.0 cm³/mol. The number of rotatable bonds is 4. The Kier molecular flexibility index (Phi) is 3.85. The van der Waals surface area contributed by atoms with Crippen molar-refractivity contribution in [2.45, 2.75) is 13.5 Å². The number of amides is 3. The minimum absolute atomic E-state index is 0.000254. The van der Waals surface area contributed by atoms with Crippen LogP contribution < -0.4 is 5.32 Å². The van der Waals surface area contributed by atoms with Gasteiger partial charge in [-0.3, -0.25) is 24.6 Å². The number of anilines is 1. The normalized spacial score (nSPS) is 13.2. The van der Waals surface area contributed by atoms with Crippen LogP contribution in [0.5, 0.6) is 0 Å². The topological polar surface area (TPSA) is 105 Å². The standard InChI is InChI=1S/C17H12N4O4S/c1-9-6-7-12(25-9)14(22)18-17-20-19-13(26-17)8-21-15(23)10-4-2-3-5-11(10)16(21)24/h2-7H,8H2,1H3,(H,18,20,22). The third-order valence-corrected chi connectivity index (χ3v) is 4.65. The lowest BCUT2D eigenvalue weighted by Crippen LogP contribution is -2.29. The third-order valence-electron chi connectivity index (χ3n) is 3.82. The molecule has 8 nitrogen and oxygen atoms in total. The number of benzene rings is 1. The van der Waals surface area contributed by atoms with Crippen LogP contribution in [-0.2, 0) is 6.54 Å². The van der Waals surface area contributed by atoms with Crippen LogP contribution in [0.2, 0.25) is 0 Å². The first-order chi connectivity index (χ1) is 12.5. The summed E-state index contributed by atoms with van der Waals surface area (Å²) in [4.78, 5) is 37.9. The molecule has 0 saturated carbocycles. The van der Waals surface area contributed by atoms with Gasteiger partial charge in [-0.1, -0.05) is 23.5 Å². The molecule has 1 aliphatic rings. The second kappa shape index (κ2) is 6.19. The molecule has 1 aliphatic heterocycles. The molecular weight excluding hydrogens is 356 g/mol. The molecule has 4 rings (SSSR count). The Morgan fingerprint density at radius 1 is 1.12 bits per heavy atom. The van der Waals surface area contributed by atoms with Crippen molar-refractivity contribution in [3.8, 4) is 0 Å². The lowest BCUT2D eigenvalue weighted by atomic mass is 10.1. The summed E-state index contributed by atoms with van der Waals surface area (Å²) in [6.07, 6.45) is 0. The van der Waals surface area contributed by atoms with Gasteiger partial charge in [0.25, 0.3) is 17.7 Å². The second-order valence-electron chi connectivity index (χ2n) is 5.61. The van der Waals surface area contributed by atoms with E-state index < -0.39 is 5.91 Å². The molecule has 2 aromatic heterocycles. The van der Waals surface area contributed by atoms with Crippen molar-refractivity contribution in [2.75, 3.05) is 5.32 Å². The number of furan rings is 1. The van der Waals surface area contributed by atoms with Gasteiger partial charge in [-0.15, -0.1) is 10.2 Å². The fourth-order valence-electron chi connectivity index (χ4n) is 2.60. The number of carbonyl (C=O) groups is 3. The zero-order valence-electron chi connectivity index (χ0n) is 13.6. The van der Waals surface area contributed by atoms with E-state index in [4.69, 9.17) is 4.42 Å². The molecule has 0 atom stereocenters. The molecular formula is C17H12N4O4S. The van der Waals surface area contributed by atoms with Crippen LogP contribution in [0.25, 0.3) is 0 Å². The maximum absolute atomic E-state index is 12.4. The van der Waals surface area contributed by atoms with E-state index in [-0.39, 0.29) is 29.3 Å². The number of carbonyl (C=O) groups excluding carboxylic acids is 3. The summed E-state index contributed by atoms with van der Waals surface area (Å²) in [5.74, 6) is -0.380. The highest BCUT2D eigenvalue weighted by Crippen LogP contribution is 2.26. The van der Waals surface area contributed by atoms with E-state index in [1.165, 1.54) is 0 Å². The summed E-state index contributed by atoms with van der Waals surface area (Å²) in [6, 6.07) is 9.90. The largest absolute Gasteiger partial charge is 0.456 e. The fourth-order valence-corrected chi connectivity index (χ4v) is 3.33. The molecule has 0 aliphatic carbocycles. The first-order valence-electron chi connectivity index (χ1n) is 7.68. The number of hydrogen-bond donors (Lipinski definition) is 1. The van der Waals surface area contributed by atoms with E-state index in [2.05, 4.69) is 15.5 Å². The molecule has 0 spiro atoms. The Morgan fingerprint density at radius 2 is 1.81 bits per heavy atom. The van der Waals surface area contributed by atoms with Crippen LogP contribution in [0.1, 0.15) is 42.0 Å². The Balaban J connectivity index is 1.47. The molecule has 1 N–H and O–H groups in total. The van der Waals surface area contributed by atoms with Crippen LogP contribution in [-0.4, -0.2) is 32.8 Å². The van der Waals surface area contributed by atoms with Crippen LogP contribution in [0.15, 0.2) is 40.8 Å². The average molecular weight is 368 g/mol. The zero-order chi connectivity index (χ0) is 18.3. The molecule has 0 fully saturated rings. The average Bonchev–Trinajstić information content (AvgIpc) is 3.32. The van der Waals surface area contributed by atoms with Gasteiger partial charge >= 0.3 is 0 Å². The first-order valence-corrected chi connectivity index (χ1v) is 8.50. The maximum atomic E-state index is 12.4. The molecule has 0 saturated heterocycles. The smallest absolute Gasteiger partial charge is 0.293 e. The van der Waals surface area contributed by atoms with Crippen molar-refractivity contribution >= 4 is 34.2 Å². The molecule has 9 heteroatoms. The van der Waals surface area contributed by atoms with Crippen molar-refractivity contribution in [2.24, 2.45) is 0 Å². The van der Waals surface area contributed by atoms with Gasteiger partial charge in [-0.05, 0) is 31.2 Å². The number of imide groups is 1. The van der Waals surface area contributed by atoms with Crippen molar-refractivity contribution in [3.05, 3.63) is 64.1 Å². The highest BCUT2D eigenvalue weighted by Gasteiger charge is 2.35. The fraction of sp³-hybridized carbons (Fsp3) is 0.118. The van der Waals surface area contributed by atoms with Gasteiger partial charge in [-0.2, -0.15) is 0 Å². The Hall–Kier alpha value is -3.33. The van der Waals surface area contributed by atoms with E-state index in [0.29, 0.717) is 21.9 Å². The van der Waals surface area contributed by atoms with Crippen molar-refractivity contribution in [3.63, 3.8) is 0 Å². The predicted octanol–water partition coefficient (Wildman–Crippen LogP) is 2.49. The Morgan fingerprint density at radius 3 is 2.42 bits per heavy atom. The number of nitrogens with zero attached hydrogens (tertiary/aromatic N) is 3. The molecule has 130 valence electrons. The van der Waals surface area contributed by atoms with E-state index in [0.717, 1.165) is 16.2 Å². The molecule has 3 heterocycles. The number of nitrogens with one attached hydrogen (secondary N) is 1. The zero-order valence-corrected chi connectivity index (χ0v) is 14.4.